The van der Waals surface area contributed by atoms with Crippen molar-refractivity contribution in [3.63, 3.8) is 0 Å². The van der Waals surface area contributed by atoms with Gasteiger partial charge in [0.05, 0.1) is 10.6 Å². The summed E-state index contributed by atoms with van der Waals surface area (Å²) in [6, 6.07) is 5.13. The number of carbonyl (C=O) groups is 1. The van der Waals surface area contributed by atoms with Gasteiger partial charge in [-0.15, -0.1) is 12.6 Å². The predicted molar refractivity (Wildman–Crippen MR) is 74.6 cm³/mol. The Labute approximate surface area is 117 Å². The molecule has 1 unspecified atom stereocenters. The Bertz CT molecular complexity index is 433. The van der Waals surface area contributed by atoms with E-state index in [-0.39, 0.29) is 5.91 Å². The van der Waals surface area contributed by atoms with Crippen molar-refractivity contribution in [2.75, 3.05) is 19.8 Å². The SMILES string of the molecule is O=C(NCCC1CCOC1)c1cc(S)ccc1Cl. The molecule has 5 heteroatoms. The van der Waals surface area contributed by atoms with Crippen molar-refractivity contribution < 1.29 is 9.53 Å². The molecule has 1 atom stereocenters. The van der Waals surface area contributed by atoms with Crippen LogP contribution in [0.2, 0.25) is 5.02 Å². The van der Waals surface area contributed by atoms with Crippen molar-refractivity contribution in [2.24, 2.45) is 5.92 Å². The van der Waals surface area contributed by atoms with Crippen LogP contribution in [-0.4, -0.2) is 25.7 Å². The molecule has 1 aliphatic heterocycles. The quantitative estimate of drug-likeness (QED) is 0.835. The van der Waals surface area contributed by atoms with Crippen molar-refractivity contribution in [1.82, 2.24) is 5.32 Å². The first kappa shape index (κ1) is 13.7. The number of amides is 1. The van der Waals surface area contributed by atoms with Gasteiger partial charge in [-0.1, -0.05) is 11.6 Å². The summed E-state index contributed by atoms with van der Waals surface area (Å²) < 4.78 is 5.29. The summed E-state index contributed by atoms with van der Waals surface area (Å²) in [5, 5.41) is 3.33. The number of ether oxygens (including phenoxy) is 1. The second-order valence-corrected chi connectivity index (χ2v) is 5.36. The van der Waals surface area contributed by atoms with E-state index in [0.717, 1.165) is 31.0 Å². The molecule has 1 heterocycles. The van der Waals surface area contributed by atoms with Crippen molar-refractivity contribution in [1.29, 1.82) is 0 Å². The van der Waals surface area contributed by atoms with Gasteiger partial charge in [0.2, 0.25) is 0 Å². The van der Waals surface area contributed by atoms with Gasteiger partial charge in [-0.25, -0.2) is 0 Å². The van der Waals surface area contributed by atoms with Gasteiger partial charge in [0.15, 0.2) is 0 Å². The Morgan fingerprint density at radius 3 is 3.11 bits per heavy atom. The summed E-state index contributed by atoms with van der Waals surface area (Å²) in [4.78, 5) is 12.7. The topological polar surface area (TPSA) is 38.3 Å². The molecular formula is C13H16ClNO2S. The summed E-state index contributed by atoms with van der Waals surface area (Å²) in [5.41, 5.74) is 0.479. The van der Waals surface area contributed by atoms with Crippen molar-refractivity contribution >= 4 is 30.1 Å². The van der Waals surface area contributed by atoms with E-state index in [2.05, 4.69) is 17.9 Å². The van der Waals surface area contributed by atoms with Crippen LogP contribution in [0.1, 0.15) is 23.2 Å². The minimum Gasteiger partial charge on any atom is -0.381 e. The number of nitrogens with one attached hydrogen (secondary N) is 1. The maximum atomic E-state index is 11.9. The molecule has 3 nitrogen and oxygen atoms in total. The average molecular weight is 286 g/mol. The van der Waals surface area contributed by atoms with E-state index in [1.54, 1.807) is 18.2 Å². The zero-order valence-corrected chi connectivity index (χ0v) is 11.6. The number of thiol groups is 1. The highest BCUT2D eigenvalue weighted by Crippen LogP contribution is 2.20. The summed E-state index contributed by atoms with van der Waals surface area (Å²) in [7, 11) is 0. The van der Waals surface area contributed by atoms with Gasteiger partial charge in [-0.3, -0.25) is 4.79 Å². The lowest BCUT2D eigenvalue weighted by atomic mass is 10.1. The van der Waals surface area contributed by atoms with Gasteiger partial charge in [-0.2, -0.15) is 0 Å². The molecule has 1 saturated heterocycles. The van der Waals surface area contributed by atoms with E-state index in [0.29, 0.717) is 23.0 Å². The number of rotatable bonds is 4. The highest BCUT2D eigenvalue weighted by Gasteiger charge is 2.16. The van der Waals surface area contributed by atoms with Crippen LogP contribution in [0.3, 0.4) is 0 Å². The Hall–Kier alpha value is -0.710. The summed E-state index contributed by atoms with van der Waals surface area (Å²) in [6.07, 6.45) is 2.03. The molecular weight excluding hydrogens is 270 g/mol. The van der Waals surface area contributed by atoms with Crippen LogP contribution in [-0.2, 0) is 4.74 Å². The lowest BCUT2D eigenvalue weighted by Gasteiger charge is -2.10. The molecule has 18 heavy (non-hydrogen) atoms. The summed E-state index contributed by atoms with van der Waals surface area (Å²) in [5.74, 6) is 0.423. The average Bonchev–Trinajstić information content (AvgIpc) is 2.85. The molecule has 1 aromatic carbocycles. The van der Waals surface area contributed by atoms with Crippen molar-refractivity contribution in [2.45, 2.75) is 17.7 Å². The normalized spacial score (nSPS) is 18.9. The van der Waals surface area contributed by atoms with Crippen LogP contribution < -0.4 is 5.32 Å². The first-order valence-electron chi connectivity index (χ1n) is 6.01. The monoisotopic (exact) mass is 285 g/mol. The molecule has 1 amide bonds. The van der Waals surface area contributed by atoms with E-state index < -0.39 is 0 Å². The van der Waals surface area contributed by atoms with Crippen molar-refractivity contribution in [3.05, 3.63) is 28.8 Å². The second kappa shape index (κ2) is 6.45. The zero-order chi connectivity index (χ0) is 13.0. The smallest absolute Gasteiger partial charge is 0.252 e. The fourth-order valence-corrected chi connectivity index (χ4v) is 2.39. The lowest BCUT2D eigenvalue weighted by Crippen LogP contribution is -2.26. The van der Waals surface area contributed by atoms with Gasteiger partial charge in [-0.05, 0) is 37.0 Å². The van der Waals surface area contributed by atoms with E-state index in [1.807, 2.05) is 0 Å². The molecule has 0 radical (unpaired) electrons. The molecule has 0 aliphatic carbocycles. The van der Waals surface area contributed by atoms with Gasteiger partial charge < -0.3 is 10.1 Å². The maximum absolute atomic E-state index is 11.9. The molecule has 0 saturated carbocycles. The highest BCUT2D eigenvalue weighted by molar-refractivity contribution is 7.80. The summed E-state index contributed by atoms with van der Waals surface area (Å²) >= 11 is 10.2. The van der Waals surface area contributed by atoms with Gasteiger partial charge in [0.1, 0.15) is 0 Å². The molecule has 0 bridgehead atoms. The molecule has 1 aromatic rings. The largest absolute Gasteiger partial charge is 0.381 e. The maximum Gasteiger partial charge on any atom is 0.252 e. The molecule has 1 aliphatic rings. The Morgan fingerprint density at radius 1 is 1.56 bits per heavy atom. The third-order valence-electron chi connectivity index (χ3n) is 3.06. The molecule has 2 rings (SSSR count). The summed E-state index contributed by atoms with van der Waals surface area (Å²) in [6.45, 7) is 2.30. The Balaban J connectivity index is 1.85. The highest BCUT2D eigenvalue weighted by atomic mass is 35.5. The zero-order valence-electron chi connectivity index (χ0n) is 9.99. The van der Waals surface area contributed by atoms with Gasteiger partial charge in [0.25, 0.3) is 5.91 Å². The van der Waals surface area contributed by atoms with Crippen LogP contribution >= 0.6 is 24.2 Å². The molecule has 1 fully saturated rings. The fraction of sp³-hybridized carbons (Fsp3) is 0.462. The Kier molecular flexibility index (Phi) is 4.92. The van der Waals surface area contributed by atoms with E-state index in [1.165, 1.54) is 0 Å². The Morgan fingerprint density at radius 2 is 2.39 bits per heavy atom. The number of halogens is 1. The minimum atomic E-state index is -0.144. The number of carbonyl (C=O) groups excluding carboxylic acids is 1. The van der Waals surface area contributed by atoms with E-state index >= 15 is 0 Å². The van der Waals surface area contributed by atoms with Crippen LogP contribution in [0.15, 0.2) is 23.1 Å². The molecule has 0 spiro atoms. The standard InChI is InChI=1S/C13H16ClNO2S/c14-12-2-1-10(18)7-11(12)13(16)15-5-3-9-4-6-17-8-9/h1-2,7,9,18H,3-6,8H2,(H,15,16). The van der Waals surface area contributed by atoms with Gasteiger partial charge in [0, 0.05) is 24.7 Å². The van der Waals surface area contributed by atoms with Crippen LogP contribution in [0.25, 0.3) is 0 Å². The fourth-order valence-electron chi connectivity index (χ4n) is 1.98. The molecule has 1 N–H and O–H groups in total. The number of benzene rings is 1. The van der Waals surface area contributed by atoms with Crippen LogP contribution in [0.5, 0.6) is 0 Å². The third kappa shape index (κ3) is 3.64. The number of hydrogen-bond acceptors (Lipinski definition) is 3. The van der Waals surface area contributed by atoms with E-state index in [9.17, 15) is 4.79 Å². The first-order valence-corrected chi connectivity index (χ1v) is 6.84. The van der Waals surface area contributed by atoms with Crippen LogP contribution in [0.4, 0.5) is 0 Å². The molecule has 0 aromatic heterocycles. The first-order chi connectivity index (χ1) is 8.66. The third-order valence-corrected chi connectivity index (χ3v) is 3.66. The van der Waals surface area contributed by atoms with Gasteiger partial charge >= 0.3 is 0 Å². The lowest BCUT2D eigenvalue weighted by molar-refractivity contribution is 0.0950. The molecule has 98 valence electrons. The van der Waals surface area contributed by atoms with Crippen LogP contribution in [0, 0.1) is 5.92 Å². The van der Waals surface area contributed by atoms with Crippen molar-refractivity contribution in [3.8, 4) is 0 Å². The number of hydrogen-bond donors (Lipinski definition) is 2. The minimum absolute atomic E-state index is 0.144. The van der Waals surface area contributed by atoms with E-state index in [4.69, 9.17) is 16.3 Å². The second-order valence-electron chi connectivity index (χ2n) is 4.44. The predicted octanol–water partition coefficient (Wildman–Crippen LogP) is 2.79.